The van der Waals surface area contributed by atoms with Crippen LogP contribution in [0.2, 0.25) is 0 Å². The van der Waals surface area contributed by atoms with Gasteiger partial charge in [-0.05, 0) is 79.9 Å². The summed E-state index contributed by atoms with van der Waals surface area (Å²) >= 11 is 1.84. The fourth-order valence-corrected chi connectivity index (χ4v) is 11.5. The van der Waals surface area contributed by atoms with Gasteiger partial charge in [0.15, 0.2) is 5.82 Å². The summed E-state index contributed by atoms with van der Waals surface area (Å²) < 4.78 is 2.52. The van der Waals surface area contributed by atoms with Crippen LogP contribution < -0.4 is 0 Å². The summed E-state index contributed by atoms with van der Waals surface area (Å²) in [4.78, 5) is 11.0. The van der Waals surface area contributed by atoms with Crippen LogP contribution in [0.4, 0.5) is 0 Å². The van der Waals surface area contributed by atoms with Crippen molar-refractivity contribution in [2.45, 2.75) is 24.7 Å². The fourth-order valence-electron chi connectivity index (χ4n) is 10.3. The summed E-state index contributed by atoms with van der Waals surface area (Å²) in [7, 11) is 0. The van der Waals surface area contributed by atoms with Crippen molar-refractivity contribution in [1.29, 1.82) is 0 Å². The lowest BCUT2D eigenvalue weighted by molar-refractivity contribution is 0.660. The van der Waals surface area contributed by atoms with Gasteiger partial charge in [0, 0.05) is 42.3 Å². The number of hydrogen-bond acceptors (Lipinski definition) is 3. The normalized spacial score (nSPS) is 14.2. The maximum Gasteiger partial charge on any atom is 0.160 e. The highest BCUT2D eigenvalue weighted by molar-refractivity contribution is 7.26. The minimum Gasteiger partial charge on any atom is -0.228 e. The first kappa shape index (κ1) is 34.1. The molecule has 0 aliphatic heterocycles. The zero-order valence-corrected chi connectivity index (χ0v) is 33.6. The second-order valence-corrected chi connectivity index (χ2v) is 17.5. The van der Waals surface area contributed by atoms with E-state index < -0.39 is 5.41 Å². The van der Waals surface area contributed by atoms with Crippen LogP contribution in [0.1, 0.15) is 47.2 Å². The van der Waals surface area contributed by atoms with E-state index in [-0.39, 0.29) is 5.41 Å². The number of thiophene rings is 1. The highest BCUT2D eigenvalue weighted by Gasteiger charge is 2.46. The van der Waals surface area contributed by atoms with Gasteiger partial charge in [0.2, 0.25) is 0 Å². The van der Waals surface area contributed by atoms with Gasteiger partial charge in [-0.2, -0.15) is 0 Å². The highest BCUT2D eigenvalue weighted by atomic mass is 32.1. The van der Waals surface area contributed by atoms with Crippen molar-refractivity contribution in [2.24, 2.45) is 0 Å². The fraction of sp³-hybridized carbons (Fsp3) is 0.0714. The minimum absolute atomic E-state index is 0.141. The molecule has 2 aliphatic carbocycles. The number of fused-ring (bicyclic) bond motifs is 9. The van der Waals surface area contributed by atoms with Crippen LogP contribution in [0.5, 0.6) is 0 Å². The molecule has 0 bridgehead atoms. The first-order valence-corrected chi connectivity index (χ1v) is 21.2. The van der Waals surface area contributed by atoms with Crippen molar-refractivity contribution < 1.29 is 0 Å². The van der Waals surface area contributed by atoms with Crippen LogP contribution in [-0.4, -0.2) is 9.97 Å². The number of hydrogen-bond donors (Lipinski definition) is 0. The second-order valence-electron chi connectivity index (χ2n) is 16.5. The molecule has 0 N–H and O–H groups in total. The SMILES string of the molecule is CC1(C)c2ccccc2-c2ccc(-c3nc(-c4ccc5c(c4)C(c4ccccc4)(c4ccccc4)c4ccccc4-5)cc(-c4cccc5c4sc4ccccc45)n3)cc21. The van der Waals surface area contributed by atoms with Gasteiger partial charge in [0.05, 0.1) is 16.8 Å². The van der Waals surface area contributed by atoms with E-state index in [9.17, 15) is 0 Å². The van der Waals surface area contributed by atoms with E-state index in [1.165, 1.54) is 75.8 Å². The Morgan fingerprint density at radius 1 is 0.390 bits per heavy atom. The molecular formula is C56H38N2S. The number of rotatable bonds is 5. The Hall–Kier alpha value is -6.94. The number of aromatic nitrogens is 2. The molecule has 0 unspecified atom stereocenters. The standard InChI is InChI=1S/C56H38N2S/c1-55(2)46-25-12-9-20-39(46)41-31-29-36(33-48(41)55)54-57-50(34-51(58-54)45-24-15-23-44-43-22-11-14-27-52(43)59-53(44)45)35-28-30-42-40-21-10-13-26-47(40)56(49(42)32-35,37-16-5-3-6-17-37)38-18-7-4-8-19-38/h3-34H,1-2H3. The molecular weight excluding hydrogens is 733 g/mol. The third-order valence-electron chi connectivity index (χ3n) is 13.0. The van der Waals surface area contributed by atoms with Crippen molar-refractivity contribution >= 4 is 31.5 Å². The maximum absolute atomic E-state index is 5.50. The predicted molar refractivity (Wildman–Crippen MR) is 246 cm³/mol. The van der Waals surface area contributed by atoms with E-state index >= 15 is 0 Å². The van der Waals surface area contributed by atoms with Gasteiger partial charge in [-0.25, -0.2) is 9.97 Å². The van der Waals surface area contributed by atoms with Gasteiger partial charge in [0.25, 0.3) is 0 Å². The number of benzene rings is 8. The average molecular weight is 771 g/mol. The molecule has 0 radical (unpaired) electrons. The highest BCUT2D eigenvalue weighted by Crippen LogP contribution is 2.57. The van der Waals surface area contributed by atoms with Gasteiger partial charge in [-0.15, -0.1) is 11.3 Å². The van der Waals surface area contributed by atoms with E-state index in [0.717, 1.165) is 33.9 Å². The first-order valence-electron chi connectivity index (χ1n) is 20.4. The second kappa shape index (κ2) is 12.8. The number of nitrogens with zero attached hydrogens (tertiary/aromatic N) is 2. The zero-order valence-electron chi connectivity index (χ0n) is 32.8. The summed E-state index contributed by atoms with van der Waals surface area (Å²) in [6, 6.07) is 71.2. The minimum atomic E-state index is -0.508. The van der Waals surface area contributed by atoms with Crippen molar-refractivity contribution in [2.75, 3.05) is 0 Å². The van der Waals surface area contributed by atoms with Gasteiger partial charge in [-0.1, -0.05) is 184 Å². The lowest BCUT2D eigenvalue weighted by Gasteiger charge is -2.34. The predicted octanol–water partition coefficient (Wildman–Crippen LogP) is 14.5. The lowest BCUT2D eigenvalue weighted by Crippen LogP contribution is -2.28. The molecule has 10 aromatic rings. The van der Waals surface area contributed by atoms with Crippen LogP contribution in [0, 0.1) is 0 Å². The summed E-state index contributed by atoms with van der Waals surface area (Å²) in [6.45, 7) is 4.67. The third-order valence-corrected chi connectivity index (χ3v) is 14.2. The van der Waals surface area contributed by atoms with Gasteiger partial charge < -0.3 is 0 Å². The van der Waals surface area contributed by atoms with Gasteiger partial charge in [0.1, 0.15) is 0 Å². The van der Waals surface area contributed by atoms with Crippen molar-refractivity contribution in [3.63, 3.8) is 0 Å². The third kappa shape index (κ3) is 4.92. The summed E-state index contributed by atoms with van der Waals surface area (Å²) in [6.07, 6.45) is 0. The van der Waals surface area contributed by atoms with Crippen LogP contribution >= 0.6 is 11.3 Å². The molecule has 0 saturated carbocycles. The molecule has 8 aromatic carbocycles. The van der Waals surface area contributed by atoms with E-state index in [1.54, 1.807) is 0 Å². The van der Waals surface area contributed by atoms with Crippen LogP contribution in [0.25, 0.3) is 76.3 Å². The maximum atomic E-state index is 5.50. The molecule has 2 aromatic heterocycles. The molecule has 2 nitrogen and oxygen atoms in total. The van der Waals surface area contributed by atoms with Crippen molar-refractivity contribution in [3.8, 4) is 56.2 Å². The quantitative estimate of drug-likeness (QED) is 0.174. The average Bonchev–Trinajstić information content (AvgIpc) is 3.90. The summed E-state index contributed by atoms with van der Waals surface area (Å²) in [5.41, 5.74) is 17.2. The Bertz CT molecular complexity index is 3260. The molecule has 0 fully saturated rings. The van der Waals surface area contributed by atoms with Crippen LogP contribution in [0.15, 0.2) is 194 Å². The Morgan fingerprint density at radius 2 is 0.932 bits per heavy atom. The van der Waals surface area contributed by atoms with Crippen LogP contribution in [0.3, 0.4) is 0 Å². The summed E-state index contributed by atoms with van der Waals surface area (Å²) in [5, 5.41) is 2.54. The van der Waals surface area contributed by atoms with E-state index in [0.29, 0.717) is 0 Å². The molecule has 3 heteroatoms. The summed E-state index contributed by atoms with van der Waals surface area (Å²) in [5.74, 6) is 0.728. The molecule has 12 rings (SSSR count). The monoisotopic (exact) mass is 770 g/mol. The Labute approximate surface area is 348 Å². The topological polar surface area (TPSA) is 25.8 Å². The van der Waals surface area contributed by atoms with Crippen molar-refractivity contribution in [1.82, 2.24) is 9.97 Å². The molecule has 59 heavy (non-hydrogen) atoms. The van der Waals surface area contributed by atoms with Crippen molar-refractivity contribution in [3.05, 3.63) is 228 Å². The van der Waals surface area contributed by atoms with E-state index in [1.807, 2.05) is 11.3 Å². The largest absolute Gasteiger partial charge is 0.228 e. The lowest BCUT2D eigenvalue weighted by atomic mass is 9.67. The van der Waals surface area contributed by atoms with Gasteiger partial charge in [-0.3, -0.25) is 0 Å². The van der Waals surface area contributed by atoms with Gasteiger partial charge >= 0.3 is 0 Å². The molecule has 0 atom stereocenters. The Balaban J connectivity index is 1.11. The van der Waals surface area contributed by atoms with Crippen LogP contribution in [-0.2, 0) is 10.8 Å². The molecule has 2 heterocycles. The van der Waals surface area contributed by atoms with E-state index in [2.05, 4.69) is 208 Å². The molecule has 0 saturated heterocycles. The molecule has 0 amide bonds. The first-order chi connectivity index (χ1) is 29.0. The van der Waals surface area contributed by atoms with E-state index in [4.69, 9.17) is 9.97 Å². The molecule has 278 valence electrons. The molecule has 0 spiro atoms. The molecule has 2 aliphatic rings. The zero-order chi connectivity index (χ0) is 39.3. The Kier molecular flexibility index (Phi) is 7.39. The Morgan fingerprint density at radius 3 is 1.69 bits per heavy atom. The smallest absolute Gasteiger partial charge is 0.160 e.